The molecule has 0 aromatic carbocycles. The maximum atomic E-state index is 12.8. The molecule has 0 spiro atoms. The van der Waals surface area contributed by atoms with E-state index < -0.39 is 11.7 Å². The molecule has 1 aromatic rings. The van der Waals surface area contributed by atoms with Crippen LogP contribution in [0.3, 0.4) is 0 Å². The van der Waals surface area contributed by atoms with Gasteiger partial charge in [-0.25, -0.2) is 10.8 Å². The first-order valence-corrected chi connectivity index (χ1v) is 6.97. The second kappa shape index (κ2) is 5.46. The highest BCUT2D eigenvalue weighted by molar-refractivity contribution is 7.99. The van der Waals surface area contributed by atoms with E-state index in [4.69, 9.17) is 5.84 Å². The van der Waals surface area contributed by atoms with Gasteiger partial charge >= 0.3 is 6.18 Å². The molecule has 0 amide bonds. The Hall–Kier alpha value is -1.15. The molecule has 19 heavy (non-hydrogen) atoms. The number of alkyl halides is 3. The van der Waals surface area contributed by atoms with Crippen LogP contribution in [0.25, 0.3) is 0 Å². The van der Waals surface area contributed by atoms with Gasteiger partial charge in [0.15, 0.2) is 0 Å². The lowest BCUT2D eigenvalue weighted by atomic mass is 10.2. The minimum Gasteiger partial charge on any atom is -0.352 e. The van der Waals surface area contributed by atoms with Crippen molar-refractivity contribution in [2.75, 3.05) is 28.4 Å². The van der Waals surface area contributed by atoms with Crippen molar-refractivity contribution < 1.29 is 13.2 Å². The Morgan fingerprint density at radius 2 is 2.21 bits per heavy atom. The largest absolute Gasteiger partial charge is 0.416 e. The minimum atomic E-state index is -4.41. The monoisotopic (exact) mass is 292 g/mol. The van der Waals surface area contributed by atoms with E-state index in [-0.39, 0.29) is 11.9 Å². The fourth-order valence-corrected chi connectivity index (χ4v) is 2.98. The van der Waals surface area contributed by atoms with Gasteiger partial charge < -0.3 is 10.3 Å². The van der Waals surface area contributed by atoms with Crippen LogP contribution in [0, 0.1) is 0 Å². The summed E-state index contributed by atoms with van der Waals surface area (Å²) in [5.41, 5.74) is 1.45. The molecule has 1 unspecified atom stereocenters. The quantitative estimate of drug-likeness (QED) is 0.647. The predicted octanol–water partition coefficient (Wildman–Crippen LogP) is 2.33. The van der Waals surface area contributed by atoms with E-state index in [1.54, 1.807) is 11.8 Å². The van der Waals surface area contributed by atoms with Crippen LogP contribution < -0.4 is 16.2 Å². The van der Waals surface area contributed by atoms with Crippen molar-refractivity contribution >= 4 is 23.4 Å². The van der Waals surface area contributed by atoms with Crippen LogP contribution in [0.4, 0.5) is 24.8 Å². The number of nitrogens with zero attached hydrogens (tertiary/aromatic N) is 2. The molecule has 0 bridgehead atoms. The zero-order chi connectivity index (χ0) is 14.0. The number of nitrogens with one attached hydrogen (secondary N) is 1. The topological polar surface area (TPSA) is 54.2 Å². The summed E-state index contributed by atoms with van der Waals surface area (Å²) in [5.74, 6) is 7.29. The molecule has 1 fully saturated rings. The number of halogens is 3. The van der Waals surface area contributed by atoms with Crippen molar-refractivity contribution in [3.8, 4) is 0 Å². The van der Waals surface area contributed by atoms with Crippen LogP contribution in [0.1, 0.15) is 12.5 Å². The first-order valence-electron chi connectivity index (χ1n) is 5.82. The molecule has 3 N–H and O–H groups in total. The molecule has 1 atom stereocenters. The summed E-state index contributed by atoms with van der Waals surface area (Å²) in [6, 6.07) is 2.14. The van der Waals surface area contributed by atoms with Gasteiger partial charge in [0.25, 0.3) is 0 Å². The van der Waals surface area contributed by atoms with Gasteiger partial charge in [-0.3, -0.25) is 0 Å². The summed E-state index contributed by atoms with van der Waals surface area (Å²) in [6.07, 6.45) is -4.41. The molecular weight excluding hydrogens is 277 g/mol. The van der Waals surface area contributed by atoms with Gasteiger partial charge in [0.05, 0.1) is 5.56 Å². The maximum Gasteiger partial charge on any atom is 0.416 e. The number of anilines is 2. The molecular formula is C11H15F3N4S. The molecule has 4 nitrogen and oxygen atoms in total. The number of pyridine rings is 1. The highest BCUT2D eigenvalue weighted by Crippen LogP contribution is 2.33. The first-order chi connectivity index (χ1) is 8.91. The third-order valence-corrected chi connectivity index (χ3v) is 4.14. The molecule has 0 radical (unpaired) electrons. The van der Waals surface area contributed by atoms with Gasteiger partial charge in [0, 0.05) is 24.1 Å². The van der Waals surface area contributed by atoms with Crippen LogP contribution in [0.5, 0.6) is 0 Å². The zero-order valence-corrected chi connectivity index (χ0v) is 11.2. The van der Waals surface area contributed by atoms with Crippen LogP contribution >= 0.6 is 11.8 Å². The maximum absolute atomic E-state index is 12.8. The lowest BCUT2D eigenvalue weighted by molar-refractivity contribution is -0.137. The number of hydrogen-bond acceptors (Lipinski definition) is 5. The lowest BCUT2D eigenvalue weighted by Crippen LogP contribution is -2.41. The van der Waals surface area contributed by atoms with E-state index >= 15 is 0 Å². The number of aromatic nitrogens is 1. The minimum absolute atomic E-state index is 0.0234. The summed E-state index contributed by atoms with van der Waals surface area (Å²) >= 11 is 1.79. The van der Waals surface area contributed by atoms with Crippen LogP contribution in [0.2, 0.25) is 0 Å². The summed E-state index contributed by atoms with van der Waals surface area (Å²) < 4.78 is 38.5. The van der Waals surface area contributed by atoms with Gasteiger partial charge in [0.1, 0.15) is 11.6 Å². The van der Waals surface area contributed by atoms with E-state index in [0.717, 1.165) is 23.6 Å². The average Bonchev–Trinajstić information content (AvgIpc) is 2.37. The fourth-order valence-electron chi connectivity index (χ4n) is 1.97. The fraction of sp³-hybridized carbons (Fsp3) is 0.545. The SMILES string of the molecule is CC1CSCCN1c1cc(C(F)(F)F)cc(NN)n1. The molecule has 1 aliphatic rings. The zero-order valence-electron chi connectivity index (χ0n) is 10.4. The van der Waals surface area contributed by atoms with E-state index in [9.17, 15) is 13.2 Å². The predicted molar refractivity (Wildman–Crippen MR) is 71.2 cm³/mol. The molecule has 1 aliphatic heterocycles. The number of rotatable bonds is 2. The standard InChI is InChI=1S/C11H15F3N4S/c1-7-6-19-3-2-18(7)10-5-8(11(12,13)14)4-9(16-10)17-15/h4-5,7H,2-3,6,15H2,1H3,(H,16,17). The smallest absolute Gasteiger partial charge is 0.352 e. The number of hydrogen-bond donors (Lipinski definition) is 2. The number of nitrogen functional groups attached to an aromatic ring is 1. The normalized spacial score (nSPS) is 20.5. The number of nitrogens with two attached hydrogens (primary N) is 1. The summed E-state index contributed by atoms with van der Waals surface area (Å²) in [7, 11) is 0. The second-order valence-corrected chi connectivity index (χ2v) is 5.51. The Balaban J connectivity index is 2.39. The molecule has 1 aromatic heterocycles. The Bertz CT molecular complexity index is 452. The highest BCUT2D eigenvalue weighted by atomic mass is 32.2. The molecule has 0 saturated carbocycles. The van der Waals surface area contributed by atoms with Gasteiger partial charge in [-0.05, 0) is 19.1 Å². The van der Waals surface area contributed by atoms with E-state index in [2.05, 4.69) is 10.4 Å². The van der Waals surface area contributed by atoms with E-state index in [0.29, 0.717) is 12.4 Å². The Morgan fingerprint density at radius 1 is 1.47 bits per heavy atom. The van der Waals surface area contributed by atoms with Gasteiger partial charge in [-0.1, -0.05) is 0 Å². The van der Waals surface area contributed by atoms with Crippen molar-refractivity contribution in [1.82, 2.24) is 4.98 Å². The summed E-state index contributed by atoms with van der Waals surface area (Å²) in [6.45, 7) is 2.66. The Morgan fingerprint density at radius 3 is 2.79 bits per heavy atom. The van der Waals surface area contributed by atoms with Crippen LogP contribution in [0.15, 0.2) is 12.1 Å². The molecule has 2 heterocycles. The summed E-state index contributed by atoms with van der Waals surface area (Å²) in [5, 5.41) is 0. The third-order valence-electron chi connectivity index (χ3n) is 2.95. The van der Waals surface area contributed by atoms with Crippen LogP contribution in [-0.2, 0) is 6.18 Å². The van der Waals surface area contributed by atoms with E-state index in [1.807, 2.05) is 11.8 Å². The third kappa shape index (κ3) is 3.24. The molecule has 1 saturated heterocycles. The Kier molecular flexibility index (Phi) is 4.10. The van der Waals surface area contributed by atoms with Crippen LogP contribution in [-0.4, -0.2) is 29.1 Å². The van der Waals surface area contributed by atoms with Gasteiger partial charge in [-0.2, -0.15) is 24.9 Å². The van der Waals surface area contributed by atoms with Gasteiger partial charge in [0.2, 0.25) is 0 Å². The molecule has 0 aliphatic carbocycles. The highest BCUT2D eigenvalue weighted by Gasteiger charge is 2.33. The Labute approximate surface area is 113 Å². The van der Waals surface area contributed by atoms with Gasteiger partial charge in [-0.15, -0.1) is 0 Å². The number of thioether (sulfide) groups is 1. The molecule has 2 rings (SSSR count). The number of hydrazine groups is 1. The first kappa shape index (κ1) is 14.3. The van der Waals surface area contributed by atoms with E-state index in [1.165, 1.54) is 0 Å². The summed E-state index contributed by atoms with van der Waals surface area (Å²) in [4.78, 5) is 6.00. The van der Waals surface area contributed by atoms with Crippen molar-refractivity contribution in [1.29, 1.82) is 0 Å². The molecule has 106 valence electrons. The van der Waals surface area contributed by atoms with Crippen molar-refractivity contribution in [3.63, 3.8) is 0 Å². The average molecular weight is 292 g/mol. The lowest BCUT2D eigenvalue weighted by Gasteiger charge is -2.34. The van der Waals surface area contributed by atoms with Crippen molar-refractivity contribution in [3.05, 3.63) is 17.7 Å². The molecule has 8 heteroatoms. The van der Waals surface area contributed by atoms with Crippen molar-refractivity contribution in [2.24, 2.45) is 5.84 Å². The second-order valence-electron chi connectivity index (χ2n) is 4.36. The van der Waals surface area contributed by atoms with Crippen molar-refractivity contribution in [2.45, 2.75) is 19.1 Å².